The van der Waals surface area contributed by atoms with E-state index < -0.39 is 0 Å². The van der Waals surface area contributed by atoms with Crippen LogP contribution < -0.4 is 5.32 Å². The SMILES string of the molecule is Cc1c(CNC(=O)C2CCCCC2c2cccnc2)cnn1C. The van der Waals surface area contributed by atoms with Gasteiger partial charge in [0.25, 0.3) is 0 Å². The van der Waals surface area contributed by atoms with Gasteiger partial charge in [0.05, 0.1) is 6.20 Å². The molecule has 2 aromatic rings. The summed E-state index contributed by atoms with van der Waals surface area (Å²) in [7, 11) is 1.92. The molecule has 0 aliphatic heterocycles. The quantitative estimate of drug-likeness (QED) is 0.944. The van der Waals surface area contributed by atoms with Crippen molar-refractivity contribution in [3.63, 3.8) is 0 Å². The van der Waals surface area contributed by atoms with Gasteiger partial charge in [-0.2, -0.15) is 5.10 Å². The summed E-state index contributed by atoms with van der Waals surface area (Å²) in [4.78, 5) is 16.9. The van der Waals surface area contributed by atoms with Crippen LogP contribution in [-0.4, -0.2) is 20.7 Å². The van der Waals surface area contributed by atoms with Crippen molar-refractivity contribution in [2.24, 2.45) is 13.0 Å². The molecule has 0 radical (unpaired) electrons. The fourth-order valence-electron chi connectivity index (χ4n) is 3.47. The van der Waals surface area contributed by atoms with Crippen LogP contribution >= 0.6 is 0 Å². The van der Waals surface area contributed by atoms with E-state index in [9.17, 15) is 4.79 Å². The third kappa shape index (κ3) is 3.44. The monoisotopic (exact) mass is 312 g/mol. The predicted octanol–water partition coefficient (Wildman–Crippen LogP) is 2.71. The van der Waals surface area contributed by atoms with Gasteiger partial charge < -0.3 is 5.32 Å². The molecule has 1 saturated carbocycles. The van der Waals surface area contributed by atoms with Crippen LogP contribution in [0.5, 0.6) is 0 Å². The van der Waals surface area contributed by atoms with E-state index in [-0.39, 0.29) is 17.7 Å². The molecule has 0 saturated heterocycles. The Labute approximate surface area is 137 Å². The Kier molecular flexibility index (Phi) is 4.74. The maximum Gasteiger partial charge on any atom is 0.223 e. The smallest absolute Gasteiger partial charge is 0.223 e. The lowest BCUT2D eigenvalue weighted by atomic mass is 9.75. The van der Waals surface area contributed by atoms with Crippen LogP contribution in [0.25, 0.3) is 0 Å². The highest BCUT2D eigenvalue weighted by molar-refractivity contribution is 5.79. The van der Waals surface area contributed by atoms with Crippen molar-refractivity contribution in [3.05, 3.63) is 47.5 Å². The number of carbonyl (C=O) groups is 1. The van der Waals surface area contributed by atoms with Crippen molar-refractivity contribution in [2.75, 3.05) is 0 Å². The largest absolute Gasteiger partial charge is 0.352 e. The van der Waals surface area contributed by atoms with E-state index in [2.05, 4.69) is 21.5 Å². The number of nitrogens with one attached hydrogen (secondary N) is 1. The molecule has 0 spiro atoms. The molecule has 2 heterocycles. The second kappa shape index (κ2) is 6.94. The van der Waals surface area contributed by atoms with Gasteiger partial charge in [0.1, 0.15) is 0 Å². The van der Waals surface area contributed by atoms with E-state index in [1.807, 2.05) is 37.1 Å². The minimum absolute atomic E-state index is 0.0462. The van der Waals surface area contributed by atoms with Crippen molar-refractivity contribution in [3.8, 4) is 0 Å². The molecule has 23 heavy (non-hydrogen) atoms. The minimum Gasteiger partial charge on any atom is -0.352 e. The molecular weight excluding hydrogens is 288 g/mol. The highest BCUT2D eigenvalue weighted by Crippen LogP contribution is 2.37. The zero-order valence-corrected chi connectivity index (χ0v) is 13.8. The summed E-state index contributed by atoms with van der Waals surface area (Å²) in [6.07, 6.45) is 9.85. The Balaban J connectivity index is 1.68. The molecule has 2 atom stereocenters. The number of hydrogen-bond donors (Lipinski definition) is 1. The first-order valence-electron chi connectivity index (χ1n) is 8.32. The fourth-order valence-corrected chi connectivity index (χ4v) is 3.47. The molecule has 5 nitrogen and oxygen atoms in total. The van der Waals surface area contributed by atoms with Crippen molar-refractivity contribution in [1.82, 2.24) is 20.1 Å². The van der Waals surface area contributed by atoms with Crippen LogP contribution in [0.1, 0.15) is 48.4 Å². The van der Waals surface area contributed by atoms with E-state index in [1.54, 1.807) is 6.20 Å². The normalized spacial score (nSPS) is 21.1. The number of carbonyl (C=O) groups excluding carboxylic acids is 1. The van der Waals surface area contributed by atoms with Gasteiger partial charge >= 0.3 is 0 Å². The molecule has 1 amide bonds. The molecule has 1 aliphatic carbocycles. The minimum atomic E-state index is 0.0462. The maximum absolute atomic E-state index is 12.7. The lowest BCUT2D eigenvalue weighted by Crippen LogP contribution is -2.35. The zero-order valence-electron chi connectivity index (χ0n) is 13.8. The first kappa shape index (κ1) is 15.7. The van der Waals surface area contributed by atoms with E-state index >= 15 is 0 Å². The van der Waals surface area contributed by atoms with Gasteiger partial charge in [-0.3, -0.25) is 14.5 Å². The van der Waals surface area contributed by atoms with Gasteiger partial charge in [0, 0.05) is 43.2 Å². The lowest BCUT2D eigenvalue weighted by molar-refractivity contribution is -0.126. The van der Waals surface area contributed by atoms with Crippen molar-refractivity contribution in [1.29, 1.82) is 0 Å². The number of nitrogens with zero attached hydrogens (tertiary/aromatic N) is 3. The Morgan fingerprint density at radius 2 is 2.17 bits per heavy atom. The molecule has 3 rings (SSSR count). The summed E-state index contributed by atoms with van der Waals surface area (Å²) >= 11 is 0. The van der Waals surface area contributed by atoms with Crippen molar-refractivity contribution < 1.29 is 4.79 Å². The van der Waals surface area contributed by atoms with Crippen LogP contribution in [0.3, 0.4) is 0 Å². The topological polar surface area (TPSA) is 59.8 Å². The Bertz CT molecular complexity index is 665. The molecule has 5 heteroatoms. The molecule has 1 aliphatic rings. The molecule has 0 aromatic carbocycles. The van der Waals surface area contributed by atoms with E-state index in [0.29, 0.717) is 6.54 Å². The molecule has 122 valence electrons. The number of amides is 1. The summed E-state index contributed by atoms with van der Waals surface area (Å²) in [6.45, 7) is 2.57. The highest BCUT2D eigenvalue weighted by atomic mass is 16.1. The first-order chi connectivity index (χ1) is 11.2. The van der Waals surface area contributed by atoms with E-state index in [4.69, 9.17) is 0 Å². The summed E-state index contributed by atoms with van der Waals surface area (Å²) in [5, 5.41) is 7.34. The second-order valence-electron chi connectivity index (χ2n) is 6.38. The fraction of sp³-hybridized carbons (Fsp3) is 0.500. The summed E-state index contributed by atoms with van der Waals surface area (Å²) in [6, 6.07) is 4.05. The van der Waals surface area contributed by atoms with Crippen LogP contribution in [-0.2, 0) is 18.4 Å². The highest BCUT2D eigenvalue weighted by Gasteiger charge is 2.32. The Morgan fingerprint density at radius 3 is 2.87 bits per heavy atom. The van der Waals surface area contributed by atoms with Gasteiger partial charge in [-0.1, -0.05) is 18.9 Å². The number of aryl methyl sites for hydroxylation is 1. The number of rotatable bonds is 4. The summed E-state index contributed by atoms with van der Waals surface area (Å²) in [5.74, 6) is 0.485. The number of aromatic nitrogens is 3. The van der Waals surface area contributed by atoms with Crippen molar-refractivity contribution >= 4 is 5.91 Å². The van der Waals surface area contributed by atoms with Gasteiger partial charge in [-0.15, -0.1) is 0 Å². The summed E-state index contributed by atoms with van der Waals surface area (Å²) in [5.41, 5.74) is 3.36. The third-order valence-corrected chi connectivity index (χ3v) is 5.01. The first-order valence-corrected chi connectivity index (χ1v) is 8.32. The van der Waals surface area contributed by atoms with Crippen LogP contribution in [0.15, 0.2) is 30.7 Å². The molecule has 2 aromatic heterocycles. The Hall–Kier alpha value is -2.17. The number of pyridine rings is 1. The molecule has 0 bridgehead atoms. The van der Waals surface area contributed by atoms with Gasteiger partial charge in [-0.25, -0.2) is 0 Å². The predicted molar refractivity (Wildman–Crippen MR) is 88.7 cm³/mol. The zero-order chi connectivity index (χ0) is 16.2. The van der Waals surface area contributed by atoms with Crippen LogP contribution in [0.2, 0.25) is 0 Å². The maximum atomic E-state index is 12.7. The molecule has 1 N–H and O–H groups in total. The van der Waals surface area contributed by atoms with Gasteiger partial charge in [-0.05, 0) is 37.3 Å². The molecule has 2 unspecified atom stereocenters. The van der Waals surface area contributed by atoms with Gasteiger partial charge in [0.2, 0.25) is 5.91 Å². The molecule has 1 fully saturated rings. The molecular formula is C18H24N4O. The second-order valence-corrected chi connectivity index (χ2v) is 6.38. The van der Waals surface area contributed by atoms with E-state index in [1.165, 1.54) is 12.0 Å². The third-order valence-electron chi connectivity index (χ3n) is 5.01. The average molecular weight is 312 g/mol. The average Bonchev–Trinajstić information content (AvgIpc) is 2.92. The van der Waals surface area contributed by atoms with Crippen LogP contribution in [0, 0.1) is 12.8 Å². The van der Waals surface area contributed by atoms with Crippen LogP contribution in [0.4, 0.5) is 0 Å². The lowest BCUT2D eigenvalue weighted by Gasteiger charge is -2.30. The van der Waals surface area contributed by atoms with Gasteiger partial charge in [0.15, 0.2) is 0 Å². The van der Waals surface area contributed by atoms with Crippen molar-refractivity contribution in [2.45, 2.75) is 45.1 Å². The summed E-state index contributed by atoms with van der Waals surface area (Å²) < 4.78 is 1.83. The van der Waals surface area contributed by atoms with E-state index in [0.717, 1.165) is 30.5 Å². The standard InChI is InChI=1S/C18H24N4O/c1-13-15(12-21-22(13)2)11-20-18(23)17-8-4-3-7-16(17)14-6-5-9-19-10-14/h5-6,9-10,12,16-17H,3-4,7-8,11H2,1-2H3,(H,20,23). The Morgan fingerprint density at radius 1 is 1.35 bits per heavy atom. The number of hydrogen-bond acceptors (Lipinski definition) is 3.